The van der Waals surface area contributed by atoms with E-state index in [9.17, 15) is 9.90 Å². The van der Waals surface area contributed by atoms with Crippen molar-refractivity contribution in [1.29, 1.82) is 0 Å². The van der Waals surface area contributed by atoms with Crippen LogP contribution in [-0.4, -0.2) is 48.8 Å². The van der Waals surface area contributed by atoms with Gasteiger partial charge in [-0.15, -0.1) is 0 Å². The van der Waals surface area contributed by atoms with E-state index in [2.05, 4.69) is 10.2 Å². The number of aliphatic hydroxyl groups excluding tert-OH is 1. The van der Waals surface area contributed by atoms with Gasteiger partial charge in [-0.05, 0) is 24.5 Å². The van der Waals surface area contributed by atoms with Gasteiger partial charge >= 0.3 is 0 Å². The SMILES string of the molecule is COc1ccccc1NC(=O)CN1CCC(O)C(C)C1. The third kappa shape index (κ3) is 3.71. The number of para-hydroxylation sites is 2. The van der Waals surface area contributed by atoms with Gasteiger partial charge in [0.25, 0.3) is 0 Å². The molecule has 0 saturated carbocycles. The molecule has 1 aliphatic heterocycles. The first kappa shape index (κ1) is 14.8. The fourth-order valence-corrected chi connectivity index (χ4v) is 2.50. The van der Waals surface area contributed by atoms with E-state index in [1.54, 1.807) is 7.11 Å². The molecule has 1 amide bonds. The zero-order valence-corrected chi connectivity index (χ0v) is 12.0. The van der Waals surface area contributed by atoms with Crippen molar-refractivity contribution in [3.05, 3.63) is 24.3 Å². The maximum atomic E-state index is 12.1. The second-order valence-corrected chi connectivity index (χ2v) is 5.32. The van der Waals surface area contributed by atoms with Crippen molar-refractivity contribution in [2.75, 3.05) is 32.1 Å². The molecule has 20 heavy (non-hydrogen) atoms. The lowest BCUT2D eigenvalue weighted by molar-refractivity contribution is -0.118. The standard InChI is InChI=1S/C15H22N2O3/c1-11-9-17(8-7-13(11)18)10-15(19)16-12-5-3-4-6-14(12)20-2/h3-6,11,13,18H,7-10H2,1-2H3,(H,16,19). The fraction of sp³-hybridized carbons (Fsp3) is 0.533. The molecule has 0 bridgehead atoms. The van der Waals surface area contributed by atoms with Crippen LogP contribution in [0.1, 0.15) is 13.3 Å². The molecule has 2 N–H and O–H groups in total. The maximum absolute atomic E-state index is 12.1. The van der Waals surface area contributed by atoms with E-state index in [0.29, 0.717) is 18.0 Å². The molecule has 0 radical (unpaired) electrons. The van der Waals surface area contributed by atoms with Gasteiger partial charge in [-0.1, -0.05) is 19.1 Å². The highest BCUT2D eigenvalue weighted by molar-refractivity contribution is 5.93. The van der Waals surface area contributed by atoms with Crippen LogP contribution in [0.3, 0.4) is 0 Å². The van der Waals surface area contributed by atoms with Gasteiger partial charge in [0.2, 0.25) is 5.91 Å². The molecule has 110 valence electrons. The predicted octanol–water partition coefficient (Wildman–Crippen LogP) is 1.34. The first-order chi connectivity index (χ1) is 9.60. The number of aliphatic hydroxyl groups is 1. The van der Waals surface area contributed by atoms with E-state index < -0.39 is 0 Å². The smallest absolute Gasteiger partial charge is 0.238 e. The largest absolute Gasteiger partial charge is 0.495 e. The number of hydrogen-bond acceptors (Lipinski definition) is 4. The summed E-state index contributed by atoms with van der Waals surface area (Å²) in [7, 11) is 1.58. The number of rotatable bonds is 4. The van der Waals surface area contributed by atoms with E-state index in [1.807, 2.05) is 31.2 Å². The molecule has 0 aliphatic carbocycles. The number of hydrogen-bond donors (Lipinski definition) is 2. The Hall–Kier alpha value is -1.59. The number of carbonyl (C=O) groups is 1. The van der Waals surface area contributed by atoms with Crippen molar-refractivity contribution in [2.45, 2.75) is 19.4 Å². The van der Waals surface area contributed by atoms with E-state index in [-0.39, 0.29) is 17.9 Å². The van der Waals surface area contributed by atoms with Crippen LogP contribution in [0.4, 0.5) is 5.69 Å². The minimum atomic E-state index is -0.247. The van der Waals surface area contributed by atoms with Gasteiger partial charge in [0.05, 0.1) is 25.4 Å². The number of anilines is 1. The highest BCUT2D eigenvalue weighted by atomic mass is 16.5. The first-order valence-corrected chi connectivity index (χ1v) is 6.93. The molecule has 1 aliphatic rings. The number of benzene rings is 1. The summed E-state index contributed by atoms with van der Waals surface area (Å²) in [6.45, 7) is 3.86. The Morgan fingerprint density at radius 2 is 2.25 bits per heavy atom. The molecule has 2 rings (SSSR count). The van der Waals surface area contributed by atoms with Crippen LogP contribution in [0.5, 0.6) is 5.75 Å². The van der Waals surface area contributed by atoms with Gasteiger partial charge in [-0.3, -0.25) is 9.69 Å². The molecule has 0 spiro atoms. The van der Waals surface area contributed by atoms with Crippen LogP contribution >= 0.6 is 0 Å². The van der Waals surface area contributed by atoms with Crippen LogP contribution in [0.25, 0.3) is 0 Å². The summed E-state index contributed by atoms with van der Waals surface area (Å²) in [5.74, 6) is 0.809. The highest BCUT2D eigenvalue weighted by Crippen LogP contribution is 2.23. The average molecular weight is 278 g/mol. The molecule has 5 nitrogen and oxygen atoms in total. The molecular formula is C15H22N2O3. The van der Waals surface area contributed by atoms with Gasteiger partial charge < -0.3 is 15.2 Å². The lowest BCUT2D eigenvalue weighted by Crippen LogP contribution is -2.45. The molecule has 2 atom stereocenters. The molecule has 1 aromatic rings. The summed E-state index contributed by atoms with van der Waals surface area (Å²) in [4.78, 5) is 14.1. The van der Waals surface area contributed by atoms with Gasteiger partial charge in [-0.2, -0.15) is 0 Å². The van der Waals surface area contributed by atoms with Crippen LogP contribution in [-0.2, 0) is 4.79 Å². The van der Waals surface area contributed by atoms with Crippen molar-refractivity contribution in [3.63, 3.8) is 0 Å². The van der Waals surface area contributed by atoms with E-state index in [1.165, 1.54) is 0 Å². The van der Waals surface area contributed by atoms with Crippen LogP contribution in [0, 0.1) is 5.92 Å². The predicted molar refractivity (Wildman–Crippen MR) is 77.9 cm³/mol. The van der Waals surface area contributed by atoms with Crippen molar-refractivity contribution < 1.29 is 14.6 Å². The number of nitrogens with one attached hydrogen (secondary N) is 1. The van der Waals surface area contributed by atoms with Gasteiger partial charge in [0.1, 0.15) is 5.75 Å². The molecule has 1 heterocycles. The summed E-state index contributed by atoms with van der Waals surface area (Å²) >= 11 is 0. The number of methoxy groups -OCH3 is 1. The van der Waals surface area contributed by atoms with Crippen molar-refractivity contribution in [1.82, 2.24) is 4.90 Å². The summed E-state index contributed by atoms with van der Waals surface area (Å²) in [5.41, 5.74) is 0.685. The third-order valence-corrected chi connectivity index (χ3v) is 3.69. The first-order valence-electron chi connectivity index (χ1n) is 6.93. The normalized spacial score (nSPS) is 23.4. The average Bonchev–Trinajstić information content (AvgIpc) is 2.43. The fourth-order valence-electron chi connectivity index (χ4n) is 2.50. The summed E-state index contributed by atoms with van der Waals surface area (Å²) in [6, 6.07) is 7.36. The number of ether oxygens (including phenoxy) is 1. The molecule has 1 fully saturated rings. The Morgan fingerprint density at radius 3 is 2.95 bits per heavy atom. The Bertz CT molecular complexity index is 464. The number of likely N-dealkylation sites (tertiary alicyclic amines) is 1. The van der Waals surface area contributed by atoms with Crippen molar-refractivity contribution in [2.24, 2.45) is 5.92 Å². The summed E-state index contributed by atoms with van der Waals surface area (Å²) in [5, 5.41) is 12.6. The Morgan fingerprint density at radius 1 is 1.50 bits per heavy atom. The summed E-state index contributed by atoms with van der Waals surface area (Å²) < 4.78 is 5.21. The van der Waals surface area contributed by atoms with Crippen molar-refractivity contribution >= 4 is 11.6 Å². The highest BCUT2D eigenvalue weighted by Gasteiger charge is 2.25. The van der Waals surface area contributed by atoms with Crippen LogP contribution in [0.2, 0.25) is 0 Å². The number of carbonyl (C=O) groups excluding carboxylic acids is 1. The topological polar surface area (TPSA) is 61.8 Å². The van der Waals surface area contributed by atoms with E-state index in [0.717, 1.165) is 19.5 Å². The van der Waals surface area contributed by atoms with Crippen LogP contribution in [0.15, 0.2) is 24.3 Å². The number of piperidine rings is 1. The lowest BCUT2D eigenvalue weighted by atomic mass is 9.97. The van der Waals surface area contributed by atoms with Gasteiger partial charge in [-0.25, -0.2) is 0 Å². The summed E-state index contributed by atoms with van der Waals surface area (Å²) in [6.07, 6.45) is 0.479. The minimum absolute atomic E-state index is 0.0573. The van der Waals surface area contributed by atoms with Gasteiger partial charge in [0, 0.05) is 13.1 Å². The molecule has 5 heteroatoms. The lowest BCUT2D eigenvalue weighted by Gasteiger charge is -2.33. The number of nitrogens with zero attached hydrogens (tertiary/aromatic N) is 1. The Balaban J connectivity index is 1.89. The molecule has 1 saturated heterocycles. The molecule has 1 aromatic carbocycles. The Labute approximate surface area is 119 Å². The van der Waals surface area contributed by atoms with Crippen molar-refractivity contribution in [3.8, 4) is 5.75 Å². The zero-order chi connectivity index (χ0) is 14.5. The Kier molecular flexibility index (Phi) is 4.98. The second-order valence-electron chi connectivity index (χ2n) is 5.32. The quantitative estimate of drug-likeness (QED) is 0.872. The molecular weight excluding hydrogens is 256 g/mol. The van der Waals surface area contributed by atoms with Gasteiger partial charge in [0.15, 0.2) is 0 Å². The maximum Gasteiger partial charge on any atom is 0.238 e. The molecule has 0 aromatic heterocycles. The number of amides is 1. The minimum Gasteiger partial charge on any atom is -0.495 e. The second kappa shape index (κ2) is 6.72. The van der Waals surface area contributed by atoms with E-state index >= 15 is 0 Å². The molecule has 2 unspecified atom stereocenters. The van der Waals surface area contributed by atoms with E-state index in [4.69, 9.17) is 4.74 Å². The third-order valence-electron chi connectivity index (χ3n) is 3.69. The zero-order valence-electron chi connectivity index (χ0n) is 12.0. The van der Waals surface area contributed by atoms with Crippen LogP contribution < -0.4 is 10.1 Å². The monoisotopic (exact) mass is 278 g/mol.